The molecule has 2 aromatic heterocycles. The Morgan fingerprint density at radius 1 is 0.339 bits per heavy atom. The van der Waals surface area contributed by atoms with Crippen LogP contribution in [0.1, 0.15) is 0 Å². The van der Waals surface area contributed by atoms with Crippen molar-refractivity contribution in [3.05, 3.63) is 218 Å². The van der Waals surface area contributed by atoms with Crippen LogP contribution in [0, 0.1) is 0 Å². The fourth-order valence-corrected chi connectivity index (χ4v) is 10.4. The molecule has 276 valence electrons. The fraction of sp³-hybridized carbons (Fsp3) is 0. The van der Waals surface area contributed by atoms with Gasteiger partial charge in [-0.25, -0.2) is 0 Å². The van der Waals surface area contributed by atoms with Gasteiger partial charge in [0.25, 0.3) is 0 Å². The highest BCUT2D eigenvalue weighted by atomic mass is 32.1. The van der Waals surface area contributed by atoms with Crippen molar-refractivity contribution in [2.45, 2.75) is 0 Å². The van der Waals surface area contributed by atoms with E-state index in [1.165, 1.54) is 85.8 Å². The Morgan fingerprint density at radius 3 is 1.75 bits per heavy atom. The lowest BCUT2D eigenvalue weighted by Gasteiger charge is -2.28. The zero-order chi connectivity index (χ0) is 38.9. The quantitative estimate of drug-likeness (QED) is 0.164. The van der Waals surface area contributed by atoms with Crippen molar-refractivity contribution in [2.24, 2.45) is 0 Å². The van der Waals surface area contributed by atoms with Crippen LogP contribution in [0.25, 0.3) is 91.5 Å². The van der Waals surface area contributed by atoms with Crippen LogP contribution in [-0.2, 0) is 0 Å². The number of para-hydroxylation sites is 2. The molecular weight excluding hydrogens is 733 g/mol. The van der Waals surface area contributed by atoms with E-state index in [1.54, 1.807) is 0 Å². The van der Waals surface area contributed by atoms with E-state index < -0.39 is 0 Å². The largest absolute Gasteiger partial charge is 0.310 e. The summed E-state index contributed by atoms with van der Waals surface area (Å²) < 4.78 is 5.03. The number of hydrogen-bond donors (Lipinski definition) is 0. The number of hydrogen-bond acceptors (Lipinski definition) is 2. The van der Waals surface area contributed by atoms with Gasteiger partial charge in [0.05, 0.1) is 16.7 Å². The highest BCUT2D eigenvalue weighted by molar-refractivity contribution is 7.25. The van der Waals surface area contributed by atoms with Crippen LogP contribution in [0.5, 0.6) is 0 Å². The molecule has 0 bridgehead atoms. The number of benzene rings is 10. The van der Waals surface area contributed by atoms with E-state index in [9.17, 15) is 0 Å². The molecule has 0 N–H and O–H groups in total. The van der Waals surface area contributed by atoms with E-state index in [0.717, 1.165) is 22.7 Å². The van der Waals surface area contributed by atoms with Crippen LogP contribution < -0.4 is 4.90 Å². The molecule has 0 aliphatic rings. The highest BCUT2D eigenvalue weighted by Crippen LogP contribution is 2.46. The number of anilines is 3. The van der Waals surface area contributed by atoms with Crippen LogP contribution in [-0.4, -0.2) is 4.57 Å². The first-order valence-corrected chi connectivity index (χ1v) is 21.0. The Kier molecular flexibility index (Phi) is 7.75. The monoisotopic (exact) mass is 768 g/mol. The molecule has 0 amide bonds. The van der Waals surface area contributed by atoms with Crippen molar-refractivity contribution in [2.75, 3.05) is 4.90 Å². The molecule has 2 nitrogen and oxygen atoms in total. The zero-order valence-electron chi connectivity index (χ0n) is 32.1. The molecular formula is C56H36N2S. The molecule has 0 atom stereocenters. The molecule has 59 heavy (non-hydrogen) atoms. The highest BCUT2D eigenvalue weighted by Gasteiger charge is 2.20. The van der Waals surface area contributed by atoms with Crippen LogP contribution in [0.2, 0.25) is 0 Å². The predicted molar refractivity (Wildman–Crippen MR) is 254 cm³/mol. The third kappa shape index (κ3) is 5.47. The Balaban J connectivity index is 1.10. The summed E-state index contributed by atoms with van der Waals surface area (Å²) in [5.74, 6) is 0. The molecule has 3 heteroatoms. The molecule has 2 heterocycles. The SMILES string of the molecule is c1ccc(-c2ccc(N(c3cccc(-c4cc(-n5c6ccccc6c6ccccc65)cc5ccccc45)c3)c3ccc4sc5ccccc5c4c3)c3ccccc23)cc1. The minimum Gasteiger partial charge on any atom is -0.310 e. The van der Waals surface area contributed by atoms with E-state index in [1.807, 2.05) is 11.3 Å². The normalized spacial score (nSPS) is 11.7. The standard InChI is InChI=1S/C56H36N2S/c1-2-15-37(16-3-1)44-30-31-54(46-22-7-6-21-45(44)46)57(41-29-32-56-51(35-41)49-25-10-13-28-55(49)59-56)40-19-14-18-39(33-40)50-36-42(34-38-17-4-5-20-43(38)50)58-52-26-11-8-23-47(52)48-24-9-12-27-53(48)58/h1-36H. The third-order valence-electron chi connectivity index (χ3n) is 11.9. The van der Waals surface area contributed by atoms with Crippen LogP contribution in [0.4, 0.5) is 17.1 Å². The number of nitrogens with zero attached hydrogens (tertiary/aromatic N) is 2. The summed E-state index contributed by atoms with van der Waals surface area (Å²) >= 11 is 1.86. The maximum Gasteiger partial charge on any atom is 0.0541 e. The van der Waals surface area contributed by atoms with Gasteiger partial charge in [-0.05, 0) is 105 Å². The number of thiophene rings is 1. The van der Waals surface area contributed by atoms with Gasteiger partial charge < -0.3 is 9.47 Å². The lowest BCUT2D eigenvalue weighted by molar-refractivity contribution is 1.19. The molecule has 0 aliphatic heterocycles. The molecule has 10 aromatic carbocycles. The second-order valence-electron chi connectivity index (χ2n) is 15.3. The van der Waals surface area contributed by atoms with Crippen molar-refractivity contribution in [1.82, 2.24) is 4.57 Å². The first kappa shape index (κ1) is 33.7. The van der Waals surface area contributed by atoms with Crippen LogP contribution >= 0.6 is 11.3 Å². The van der Waals surface area contributed by atoms with Gasteiger partial charge >= 0.3 is 0 Å². The summed E-state index contributed by atoms with van der Waals surface area (Å²) in [6.07, 6.45) is 0. The van der Waals surface area contributed by atoms with Crippen molar-refractivity contribution >= 4 is 91.9 Å². The van der Waals surface area contributed by atoms with Crippen LogP contribution in [0.15, 0.2) is 218 Å². The smallest absolute Gasteiger partial charge is 0.0541 e. The number of rotatable bonds is 6. The van der Waals surface area contributed by atoms with Gasteiger partial charge in [-0.1, -0.05) is 152 Å². The van der Waals surface area contributed by atoms with Gasteiger partial charge in [-0.15, -0.1) is 11.3 Å². The summed E-state index contributed by atoms with van der Waals surface area (Å²) in [6.45, 7) is 0. The maximum absolute atomic E-state index is 2.46. The van der Waals surface area contributed by atoms with E-state index in [4.69, 9.17) is 0 Å². The maximum atomic E-state index is 2.46. The molecule has 0 unspecified atom stereocenters. The molecule has 12 rings (SSSR count). The van der Waals surface area contributed by atoms with Crippen molar-refractivity contribution in [3.8, 4) is 27.9 Å². The topological polar surface area (TPSA) is 8.17 Å². The van der Waals surface area contributed by atoms with E-state index in [-0.39, 0.29) is 0 Å². The summed E-state index contributed by atoms with van der Waals surface area (Å²) in [4.78, 5) is 2.46. The van der Waals surface area contributed by atoms with E-state index in [2.05, 4.69) is 228 Å². The second-order valence-corrected chi connectivity index (χ2v) is 16.4. The van der Waals surface area contributed by atoms with Crippen molar-refractivity contribution in [3.63, 3.8) is 0 Å². The molecule has 0 saturated carbocycles. The Bertz CT molecular complexity index is 3520. The number of fused-ring (bicyclic) bond motifs is 8. The second kappa shape index (κ2) is 13.6. The van der Waals surface area contributed by atoms with Crippen molar-refractivity contribution < 1.29 is 0 Å². The predicted octanol–water partition coefficient (Wildman–Crippen LogP) is 16.3. The van der Waals surface area contributed by atoms with E-state index >= 15 is 0 Å². The number of aromatic nitrogens is 1. The van der Waals surface area contributed by atoms with E-state index in [0.29, 0.717) is 0 Å². The lowest BCUT2D eigenvalue weighted by atomic mass is 9.95. The lowest BCUT2D eigenvalue weighted by Crippen LogP contribution is -2.10. The summed E-state index contributed by atoms with van der Waals surface area (Å²) in [7, 11) is 0. The van der Waals surface area contributed by atoms with Gasteiger partial charge in [0, 0.05) is 53.4 Å². The van der Waals surface area contributed by atoms with Gasteiger partial charge in [0.15, 0.2) is 0 Å². The summed E-state index contributed by atoms with van der Waals surface area (Å²) in [5, 5.41) is 9.95. The van der Waals surface area contributed by atoms with Gasteiger partial charge in [-0.2, -0.15) is 0 Å². The molecule has 0 radical (unpaired) electrons. The fourth-order valence-electron chi connectivity index (χ4n) is 9.30. The van der Waals surface area contributed by atoms with Crippen molar-refractivity contribution in [1.29, 1.82) is 0 Å². The minimum absolute atomic E-state index is 1.10. The van der Waals surface area contributed by atoms with Gasteiger partial charge in [0.1, 0.15) is 0 Å². The molecule has 12 aromatic rings. The Morgan fingerprint density at radius 2 is 0.949 bits per heavy atom. The summed E-state index contributed by atoms with van der Waals surface area (Å²) in [5.41, 5.74) is 11.7. The van der Waals surface area contributed by atoms with Gasteiger partial charge in [0.2, 0.25) is 0 Å². The zero-order valence-corrected chi connectivity index (χ0v) is 32.9. The molecule has 0 spiro atoms. The molecule has 0 saturated heterocycles. The van der Waals surface area contributed by atoms with Gasteiger partial charge in [-0.3, -0.25) is 0 Å². The first-order chi connectivity index (χ1) is 29.3. The molecule has 0 aliphatic carbocycles. The Labute approximate surface area is 346 Å². The third-order valence-corrected chi connectivity index (χ3v) is 13.1. The molecule has 0 fully saturated rings. The average molecular weight is 769 g/mol. The average Bonchev–Trinajstić information content (AvgIpc) is 3.85. The minimum atomic E-state index is 1.10. The summed E-state index contributed by atoms with van der Waals surface area (Å²) in [6, 6.07) is 80.1. The first-order valence-electron chi connectivity index (χ1n) is 20.2. The Hall–Kier alpha value is -7.46. The van der Waals surface area contributed by atoms with Crippen LogP contribution in [0.3, 0.4) is 0 Å².